The van der Waals surface area contributed by atoms with Gasteiger partial charge in [0.05, 0.1) is 0 Å². The van der Waals surface area contributed by atoms with Crippen LogP contribution in [0.25, 0.3) is 11.3 Å². The quantitative estimate of drug-likeness (QED) is 0.278. The van der Waals surface area contributed by atoms with Crippen molar-refractivity contribution < 1.29 is 101 Å². The summed E-state index contributed by atoms with van der Waals surface area (Å²) >= 11 is 1.76. The van der Waals surface area contributed by atoms with Crippen LogP contribution < -0.4 is 5.10 Å². The predicted molar refractivity (Wildman–Crippen MR) is 58.1 cm³/mol. The number of Topliss-reactive ketones (excluding diaryl/α,β-unsaturated/α-hetero) is 1. The van der Waals surface area contributed by atoms with Crippen LogP contribution in [0.15, 0.2) is 6.07 Å². The Morgan fingerprint density at radius 3 is 2.63 bits per heavy atom. The third-order valence-corrected chi connectivity index (χ3v) is 3.66. The summed E-state index contributed by atoms with van der Waals surface area (Å²) in [5.74, 6) is -0.240. The van der Waals surface area contributed by atoms with Crippen LogP contribution in [-0.2, 0) is 102 Å². The first-order chi connectivity index (χ1) is 7.16. The molecule has 3 rings (SSSR count). The van der Waals surface area contributed by atoms with Crippen LogP contribution in [0.1, 0.15) is 25.8 Å². The molecule has 97 valence electrons. The Hall–Kier alpha value is 1.62. The van der Waals surface area contributed by atoms with Gasteiger partial charge >= 0.3 is 0 Å². The Bertz CT molecular complexity index is 583. The maximum absolute atomic E-state index is 11.2. The summed E-state index contributed by atoms with van der Waals surface area (Å²) in [6.07, 6.45) is 0.784. The molecular weight excluding hydrogens is 849 g/mol. The number of hydrogen-bond donors (Lipinski definition) is 0. The summed E-state index contributed by atoms with van der Waals surface area (Å²) in [7, 11) is 0. The van der Waals surface area contributed by atoms with Crippen molar-refractivity contribution in [1.29, 1.82) is 0 Å². The number of aryl methyl sites for hydroxylation is 1. The minimum atomic E-state index is -0.240. The average Bonchev–Trinajstić information content (AvgIpc) is 2.73. The molecule has 0 bridgehead atoms. The van der Waals surface area contributed by atoms with Crippen LogP contribution in [0.4, 0.5) is 0 Å². The van der Waals surface area contributed by atoms with Gasteiger partial charge in [0.2, 0.25) is 0 Å². The van der Waals surface area contributed by atoms with Crippen LogP contribution in [0, 0.1) is 13.8 Å². The van der Waals surface area contributed by atoms with Gasteiger partial charge in [-0.1, -0.05) is 5.69 Å². The molecule has 0 amide bonds. The number of carbonyl (C=O) groups is 1. The minimum Gasteiger partial charge on any atom is -0.595 e. The zero-order valence-electron chi connectivity index (χ0n) is 10.0. The molecule has 3 nitrogen and oxygen atoms in total. The third kappa shape index (κ3) is 4.08. The summed E-state index contributed by atoms with van der Waals surface area (Å²) in [6, 6.07) is 2.11. The largest absolute Gasteiger partial charge is 0.595 e. The number of carbonyl (C=O) groups excluding carboxylic acids is 1. The van der Waals surface area contributed by atoms with Gasteiger partial charge in [0.25, 0.3) is 0 Å². The first-order valence-electron chi connectivity index (χ1n) is 4.65. The number of rotatable bonds is 1. The molecular formula is C11H8N2OSW3Y-2. The van der Waals surface area contributed by atoms with Crippen LogP contribution in [0.5, 0.6) is 0 Å². The smallest absolute Gasteiger partial charge is 0.0375 e. The molecule has 1 aliphatic carbocycles. The number of ketones is 1. The van der Waals surface area contributed by atoms with E-state index in [1.165, 1.54) is 9.75 Å². The van der Waals surface area contributed by atoms with Crippen molar-refractivity contribution in [2.45, 2.75) is 13.3 Å². The molecule has 0 saturated heterocycles. The second kappa shape index (κ2) is 8.92. The van der Waals surface area contributed by atoms with Crippen molar-refractivity contribution in [3.63, 3.8) is 0 Å². The van der Waals surface area contributed by atoms with Gasteiger partial charge in [-0.2, -0.15) is 6.92 Å². The molecule has 0 fully saturated rings. The summed E-state index contributed by atoms with van der Waals surface area (Å²) < 4.78 is 0. The Kier molecular flexibility index (Phi) is 10.7. The Morgan fingerprint density at radius 1 is 1.42 bits per heavy atom. The fourth-order valence-corrected chi connectivity index (χ4v) is 3.04. The molecule has 0 aliphatic heterocycles. The molecule has 2 aromatic heterocycles. The second-order valence-corrected chi connectivity index (χ2v) is 5.01. The van der Waals surface area contributed by atoms with Gasteiger partial charge < -0.3 is 15.0 Å². The molecule has 19 heavy (non-hydrogen) atoms. The van der Waals surface area contributed by atoms with Crippen LogP contribution in [-0.4, -0.2) is 10.9 Å². The predicted octanol–water partition coefficient (Wildman–Crippen LogP) is 1.99. The van der Waals surface area contributed by atoms with E-state index in [1.54, 1.807) is 11.3 Å². The van der Waals surface area contributed by atoms with Crippen LogP contribution >= 0.6 is 11.3 Å². The van der Waals surface area contributed by atoms with E-state index in [0.29, 0.717) is 5.69 Å². The number of aromatic nitrogens is 2. The number of fused-ring (bicyclic) bond motifs is 3. The fraction of sp³-hybridized carbons (Fsp3) is 0.182. The number of thiophene rings is 1. The second-order valence-electron chi connectivity index (χ2n) is 3.67. The van der Waals surface area contributed by atoms with Gasteiger partial charge in [-0.3, -0.25) is 0 Å². The van der Waals surface area contributed by atoms with E-state index in [4.69, 9.17) is 0 Å². The average molecular weight is 857 g/mol. The van der Waals surface area contributed by atoms with Gasteiger partial charge in [0.1, 0.15) is 0 Å². The zero-order valence-corrected chi connectivity index (χ0v) is 22.5. The van der Waals surface area contributed by atoms with Crippen molar-refractivity contribution in [3.05, 3.63) is 34.0 Å². The standard InChI is InChI=1S/C11H9N2OS.3W.Y/c1-5-3-7-9(15-5)4-8-10(6(2)14)12-13-11(7)8;;;;/h3H,2,4H2,1H3,(H,12,13,14);;;;/q-1;;;;/p-1. The number of nitrogens with zero attached hydrogens (tertiary/aromatic N) is 2. The molecule has 0 N–H and O–H groups in total. The van der Waals surface area contributed by atoms with Gasteiger partial charge in [0, 0.05) is 111 Å². The fourth-order valence-electron chi connectivity index (χ4n) is 2.00. The Morgan fingerprint density at radius 2 is 2.05 bits per heavy atom. The zero-order chi connectivity index (χ0) is 10.6. The van der Waals surface area contributed by atoms with E-state index in [0.717, 1.165) is 23.2 Å². The molecule has 0 unspecified atom stereocenters. The van der Waals surface area contributed by atoms with E-state index < -0.39 is 0 Å². The van der Waals surface area contributed by atoms with Gasteiger partial charge in [-0.15, -0.1) is 22.6 Å². The van der Waals surface area contributed by atoms with E-state index in [9.17, 15) is 4.79 Å². The summed E-state index contributed by atoms with van der Waals surface area (Å²) in [5.41, 5.74) is 3.41. The molecule has 1 aliphatic rings. The maximum atomic E-state index is 11.2. The maximum Gasteiger partial charge on any atom is 0.0375 e. The molecule has 0 aromatic carbocycles. The van der Waals surface area contributed by atoms with E-state index in [2.05, 4.69) is 30.1 Å². The molecule has 8 heteroatoms. The summed E-state index contributed by atoms with van der Waals surface area (Å²) in [4.78, 5) is 13.8. The normalized spacial score (nSPS) is 9.95. The topological polar surface area (TPSA) is 44.1 Å². The third-order valence-electron chi connectivity index (χ3n) is 2.61. The van der Waals surface area contributed by atoms with E-state index in [1.807, 2.05) is 0 Å². The molecule has 0 spiro atoms. The first-order valence-corrected chi connectivity index (χ1v) is 5.46. The molecule has 0 saturated carbocycles. The molecule has 1 radical (unpaired) electrons. The SMILES string of the molecule is [CH2-]C(=O)c1n[n-]c2c1Cc1sc(C)cc1-2.[W].[W].[W].[Y]. The van der Waals surface area contributed by atoms with E-state index in [-0.39, 0.29) is 102 Å². The van der Waals surface area contributed by atoms with Crippen molar-refractivity contribution >= 4 is 17.1 Å². The first kappa shape index (κ1) is 22.9. The molecule has 2 heterocycles. The number of hydrogen-bond acceptors (Lipinski definition) is 3. The Labute approximate surface area is 184 Å². The van der Waals surface area contributed by atoms with Crippen LogP contribution in [0.2, 0.25) is 0 Å². The van der Waals surface area contributed by atoms with Crippen molar-refractivity contribution in [2.75, 3.05) is 0 Å². The summed E-state index contributed by atoms with van der Waals surface area (Å²) in [5, 5.41) is 7.96. The monoisotopic (exact) mass is 857 g/mol. The van der Waals surface area contributed by atoms with Crippen molar-refractivity contribution in [2.24, 2.45) is 0 Å². The molecule has 2 aromatic rings. The Balaban J connectivity index is 0. The van der Waals surface area contributed by atoms with Gasteiger partial charge in [0.15, 0.2) is 0 Å². The van der Waals surface area contributed by atoms with Crippen molar-refractivity contribution in [3.8, 4) is 11.3 Å². The van der Waals surface area contributed by atoms with E-state index >= 15 is 0 Å². The summed E-state index contributed by atoms with van der Waals surface area (Å²) in [6.45, 7) is 5.46. The van der Waals surface area contributed by atoms with Gasteiger partial charge in [-0.25, -0.2) is 0 Å². The van der Waals surface area contributed by atoms with Crippen molar-refractivity contribution in [1.82, 2.24) is 10.2 Å². The van der Waals surface area contributed by atoms with Crippen LogP contribution in [0.3, 0.4) is 0 Å². The minimum absolute atomic E-state index is 0. The van der Waals surface area contributed by atoms with Gasteiger partial charge in [-0.05, 0) is 25.0 Å². The molecule has 0 atom stereocenters.